The third-order valence-corrected chi connectivity index (χ3v) is 4.37. The summed E-state index contributed by atoms with van der Waals surface area (Å²) in [6.07, 6.45) is 5.01. The number of halogens is 2. The molecule has 0 spiro atoms. The fourth-order valence-electron chi connectivity index (χ4n) is 2.58. The number of hydrogen-bond acceptors (Lipinski definition) is 3. The summed E-state index contributed by atoms with van der Waals surface area (Å²) in [5.41, 5.74) is 2.06. The maximum absolute atomic E-state index is 13.6. The van der Waals surface area contributed by atoms with Crippen molar-refractivity contribution in [1.82, 2.24) is 4.98 Å². The first-order valence-electron chi connectivity index (χ1n) is 8.43. The number of allylic oxidation sites excluding steroid dienone is 1. The molecule has 1 aliphatic rings. The van der Waals surface area contributed by atoms with E-state index in [1.54, 1.807) is 18.3 Å². The van der Waals surface area contributed by atoms with E-state index in [2.05, 4.69) is 23.4 Å². The molecule has 1 aromatic carbocycles. The van der Waals surface area contributed by atoms with Crippen LogP contribution in [0.5, 0.6) is 0 Å². The van der Waals surface area contributed by atoms with Gasteiger partial charge in [-0.1, -0.05) is 29.7 Å². The van der Waals surface area contributed by atoms with Crippen LogP contribution in [0, 0.1) is 23.6 Å². The van der Waals surface area contributed by atoms with Gasteiger partial charge in [0.1, 0.15) is 5.82 Å². The van der Waals surface area contributed by atoms with Crippen LogP contribution in [0.4, 0.5) is 4.39 Å². The van der Waals surface area contributed by atoms with Crippen LogP contribution < -0.4 is 0 Å². The molecule has 2 aromatic rings. The van der Waals surface area contributed by atoms with Crippen molar-refractivity contribution in [2.45, 2.75) is 19.1 Å². The summed E-state index contributed by atoms with van der Waals surface area (Å²) >= 11 is 5.70. The zero-order valence-corrected chi connectivity index (χ0v) is 15.0. The van der Waals surface area contributed by atoms with Gasteiger partial charge in [0.2, 0.25) is 6.29 Å². The number of benzene rings is 1. The minimum absolute atomic E-state index is 0.0930. The molecule has 3 rings (SSSR count). The van der Waals surface area contributed by atoms with Gasteiger partial charge in [-0.05, 0) is 43.0 Å². The summed E-state index contributed by atoms with van der Waals surface area (Å²) in [6, 6.07) is 8.23. The molecule has 2 heterocycles. The summed E-state index contributed by atoms with van der Waals surface area (Å²) in [7, 11) is 0. The number of nitrogens with zero attached hydrogens (tertiary/aromatic N) is 1. The van der Waals surface area contributed by atoms with Crippen LogP contribution in [0.2, 0.25) is 5.02 Å². The molecule has 1 saturated heterocycles. The van der Waals surface area contributed by atoms with Crippen LogP contribution in [-0.2, 0) is 9.47 Å². The van der Waals surface area contributed by atoms with Crippen LogP contribution in [0.1, 0.15) is 18.4 Å². The van der Waals surface area contributed by atoms with E-state index in [1.165, 1.54) is 12.1 Å². The Morgan fingerprint density at radius 2 is 2.08 bits per heavy atom. The van der Waals surface area contributed by atoms with Crippen LogP contribution >= 0.6 is 11.6 Å². The number of ether oxygens (including phenoxy) is 2. The lowest BCUT2D eigenvalue weighted by Crippen LogP contribution is -2.31. The Morgan fingerprint density at radius 1 is 1.27 bits per heavy atom. The number of hydrogen-bond donors (Lipinski definition) is 0. The topological polar surface area (TPSA) is 31.4 Å². The summed E-state index contributed by atoms with van der Waals surface area (Å²) < 4.78 is 24.8. The van der Waals surface area contributed by atoms with E-state index in [-0.39, 0.29) is 5.02 Å². The van der Waals surface area contributed by atoms with Crippen molar-refractivity contribution in [3.63, 3.8) is 0 Å². The van der Waals surface area contributed by atoms with E-state index < -0.39 is 12.1 Å². The predicted molar refractivity (Wildman–Crippen MR) is 100 cm³/mol. The number of pyridine rings is 1. The first-order chi connectivity index (χ1) is 12.7. The van der Waals surface area contributed by atoms with Crippen molar-refractivity contribution in [3.8, 4) is 23.1 Å². The Bertz CT molecular complexity index is 818. The van der Waals surface area contributed by atoms with Gasteiger partial charge >= 0.3 is 0 Å². The van der Waals surface area contributed by atoms with Gasteiger partial charge in [-0.15, -0.1) is 6.58 Å². The molecule has 0 N–H and O–H groups in total. The molecule has 0 saturated carbocycles. The normalized spacial score (nSPS) is 19.5. The Morgan fingerprint density at radius 3 is 2.73 bits per heavy atom. The van der Waals surface area contributed by atoms with Gasteiger partial charge in [-0.25, -0.2) is 4.39 Å². The van der Waals surface area contributed by atoms with Crippen molar-refractivity contribution < 1.29 is 13.9 Å². The molecule has 26 heavy (non-hydrogen) atoms. The average molecular weight is 372 g/mol. The number of rotatable bonds is 4. The van der Waals surface area contributed by atoms with E-state index in [0.29, 0.717) is 30.4 Å². The zero-order chi connectivity index (χ0) is 18.4. The molecule has 0 aliphatic carbocycles. The third-order valence-electron chi connectivity index (χ3n) is 4.06. The van der Waals surface area contributed by atoms with E-state index in [4.69, 9.17) is 21.1 Å². The highest BCUT2D eigenvalue weighted by Crippen LogP contribution is 2.23. The van der Waals surface area contributed by atoms with Gasteiger partial charge in [-0.3, -0.25) is 4.98 Å². The van der Waals surface area contributed by atoms with Gasteiger partial charge in [0.05, 0.1) is 23.9 Å². The van der Waals surface area contributed by atoms with Crippen molar-refractivity contribution in [2.75, 3.05) is 13.2 Å². The van der Waals surface area contributed by atoms with Gasteiger partial charge in [0, 0.05) is 23.2 Å². The van der Waals surface area contributed by atoms with Gasteiger partial charge < -0.3 is 9.47 Å². The highest BCUT2D eigenvalue weighted by Gasteiger charge is 2.19. The second-order valence-electron chi connectivity index (χ2n) is 6.06. The highest BCUT2D eigenvalue weighted by molar-refractivity contribution is 6.30. The average Bonchev–Trinajstić information content (AvgIpc) is 2.68. The molecule has 0 amide bonds. The Hall–Kier alpha value is -2.19. The van der Waals surface area contributed by atoms with Crippen LogP contribution in [0.25, 0.3) is 11.3 Å². The first-order valence-corrected chi connectivity index (χ1v) is 8.80. The van der Waals surface area contributed by atoms with Crippen molar-refractivity contribution in [2.24, 2.45) is 5.92 Å². The van der Waals surface area contributed by atoms with Gasteiger partial charge in [0.25, 0.3) is 0 Å². The summed E-state index contributed by atoms with van der Waals surface area (Å²) in [5, 5.41) is 0.0930. The SMILES string of the molecule is C=CCC[C@H]1CO[C@H](C#Cc2ccc(-c3ccc(Cl)c(F)c3)nc2)OC1. The molecule has 1 aromatic heterocycles. The minimum Gasteiger partial charge on any atom is -0.342 e. The van der Waals surface area contributed by atoms with Crippen molar-refractivity contribution in [1.29, 1.82) is 0 Å². The molecule has 1 aliphatic heterocycles. The monoisotopic (exact) mass is 371 g/mol. The molecule has 5 heteroatoms. The van der Waals surface area contributed by atoms with Gasteiger partial charge in [0.15, 0.2) is 0 Å². The largest absolute Gasteiger partial charge is 0.342 e. The van der Waals surface area contributed by atoms with Crippen LogP contribution in [0.15, 0.2) is 49.2 Å². The number of aromatic nitrogens is 1. The Labute approximate surface area is 157 Å². The molecular weight excluding hydrogens is 353 g/mol. The molecule has 134 valence electrons. The fraction of sp³-hybridized carbons (Fsp3) is 0.286. The van der Waals surface area contributed by atoms with E-state index >= 15 is 0 Å². The maximum Gasteiger partial charge on any atom is 0.222 e. The quantitative estimate of drug-likeness (QED) is 0.568. The molecule has 1 fully saturated rings. The third kappa shape index (κ3) is 4.92. The maximum atomic E-state index is 13.6. The molecule has 0 radical (unpaired) electrons. The Kier molecular flexibility index (Phi) is 6.40. The minimum atomic E-state index is -0.514. The highest BCUT2D eigenvalue weighted by atomic mass is 35.5. The molecule has 0 atom stereocenters. The van der Waals surface area contributed by atoms with E-state index in [9.17, 15) is 4.39 Å². The van der Waals surface area contributed by atoms with Crippen molar-refractivity contribution >= 4 is 11.6 Å². The van der Waals surface area contributed by atoms with E-state index in [0.717, 1.165) is 18.4 Å². The molecular formula is C21H19ClFNO2. The fourth-order valence-corrected chi connectivity index (χ4v) is 2.70. The standard InChI is InChI=1S/C21H19ClFNO2/c1-2-3-4-16-13-25-21(26-14-16)10-6-15-5-9-20(24-12-15)17-7-8-18(22)19(23)11-17/h2,5,7-9,11-12,16,21H,1,3-4,13-14H2/t16-,21-. The predicted octanol–water partition coefficient (Wildman–Crippen LogP) is 4.85. The first kappa shape index (κ1) is 18.6. The second-order valence-corrected chi connectivity index (χ2v) is 6.47. The van der Waals surface area contributed by atoms with Crippen LogP contribution in [0.3, 0.4) is 0 Å². The van der Waals surface area contributed by atoms with E-state index in [1.807, 2.05) is 12.1 Å². The lowest BCUT2D eigenvalue weighted by molar-refractivity contribution is -0.169. The summed E-state index contributed by atoms with van der Waals surface area (Å²) in [4.78, 5) is 4.33. The summed E-state index contributed by atoms with van der Waals surface area (Å²) in [6.45, 7) is 5.01. The van der Waals surface area contributed by atoms with Crippen molar-refractivity contribution in [3.05, 3.63) is 65.6 Å². The second kappa shape index (κ2) is 8.95. The lowest BCUT2D eigenvalue weighted by atomic mass is 10.1. The lowest BCUT2D eigenvalue weighted by Gasteiger charge is -2.26. The van der Waals surface area contributed by atoms with Gasteiger partial charge in [-0.2, -0.15) is 0 Å². The smallest absolute Gasteiger partial charge is 0.222 e. The summed E-state index contributed by atoms with van der Waals surface area (Å²) in [5.74, 6) is 5.89. The zero-order valence-electron chi connectivity index (χ0n) is 14.3. The Balaban J connectivity index is 1.59. The molecule has 0 unspecified atom stereocenters. The molecule has 0 bridgehead atoms. The van der Waals surface area contributed by atoms with Crippen LogP contribution in [-0.4, -0.2) is 24.5 Å². The molecule has 3 nitrogen and oxygen atoms in total.